The third-order valence-electron chi connectivity index (χ3n) is 2.72. The SMILES string of the molecule is N=C(N)c1cc(Sc2ncccn2)nc2ccccc12. The van der Waals surface area contributed by atoms with Crippen molar-refractivity contribution in [2.24, 2.45) is 5.73 Å². The highest BCUT2D eigenvalue weighted by molar-refractivity contribution is 7.99. The molecular formula is C14H11N5S. The van der Waals surface area contributed by atoms with E-state index in [1.54, 1.807) is 24.5 Å². The van der Waals surface area contributed by atoms with Crippen LogP contribution in [-0.4, -0.2) is 20.8 Å². The number of hydrogen-bond acceptors (Lipinski definition) is 5. The summed E-state index contributed by atoms with van der Waals surface area (Å²) in [5.74, 6) is 0.0273. The summed E-state index contributed by atoms with van der Waals surface area (Å²) in [7, 11) is 0. The average molecular weight is 281 g/mol. The summed E-state index contributed by atoms with van der Waals surface area (Å²) in [6.45, 7) is 0. The van der Waals surface area contributed by atoms with E-state index >= 15 is 0 Å². The van der Waals surface area contributed by atoms with Crippen molar-refractivity contribution < 1.29 is 0 Å². The topological polar surface area (TPSA) is 88.5 Å². The Morgan fingerprint density at radius 3 is 2.60 bits per heavy atom. The molecule has 0 radical (unpaired) electrons. The van der Waals surface area contributed by atoms with Crippen LogP contribution < -0.4 is 5.73 Å². The van der Waals surface area contributed by atoms with Crippen molar-refractivity contribution in [1.82, 2.24) is 15.0 Å². The summed E-state index contributed by atoms with van der Waals surface area (Å²) in [5, 5.41) is 9.91. The van der Waals surface area contributed by atoms with E-state index in [2.05, 4.69) is 15.0 Å². The number of amidine groups is 1. The first-order chi connectivity index (χ1) is 9.74. The second kappa shape index (κ2) is 5.26. The molecular weight excluding hydrogens is 270 g/mol. The Balaban J connectivity index is 2.10. The number of rotatable bonds is 3. The Hall–Kier alpha value is -2.47. The molecule has 0 amide bonds. The van der Waals surface area contributed by atoms with Gasteiger partial charge in [0.2, 0.25) is 0 Å². The summed E-state index contributed by atoms with van der Waals surface area (Å²) in [6.07, 6.45) is 3.37. The molecule has 0 aliphatic rings. The first-order valence-electron chi connectivity index (χ1n) is 5.93. The molecule has 1 aromatic carbocycles. The molecule has 3 rings (SSSR count). The van der Waals surface area contributed by atoms with E-state index < -0.39 is 0 Å². The number of fused-ring (bicyclic) bond motifs is 1. The monoisotopic (exact) mass is 281 g/mol. The molecule has 0 unspecified atom stereocenters. The molecule has 20 heavy (non-hydrogen) atoms. The number of pyridine rings is 1. The number of nitrogen functional groups attached to an aromatic ring is 1. The van der Waals surface area contributed by atoms with E-state index in [1.165, 1.54) is 11.8 Å². The van der Waals surface area contributed by atoms with Crippen molar-refractivity contribution in [3.63, 3.8) is 0 Å². The maximum absolute atomic E-state index is 7.70. The molecule has 0 bridgehead atoms. The van der Waals surface area contributed by atoms with Crippen LogP contribution in [0.1, 0.15) is 5.56 Å². The van der Waals surface area contributed by atoms with Gasteiger partial charge in [0.1, 0.15) is 10.9 Å². The fourth-order valence-corrected chi connectivity index (χ4v) is 2.59. The minimum Gasteiger partial charge on any atom is -0.384 e. The van der Waals surface area contributed by atoms with Gasteiger partial charge in [0.05, 0.1) is 5.52 Å². The lowest BCUT2D eigenvalue weighted by Crippen LogP contribution is -2.12. The van der Waals surface area contributed by atoms with Crippen LogP contribution in [0.2, 0.25) is 0 Å². The highest BCUT2D eigenvalue weighted by Gasteiger charge is 2.09. The second-order valence-electron chi connectivity index (χ2n) is 4.07. The van der Waals surface area contributed by atoms with Gasteiger partial charge in [-0.25, -0.2) is 15.0 Å². The van der Waals surface area contributed by atoms with Crippen LogP contribution >= 0.6 is 11.8 Å². The van der Waals surface area contributed by atoms with Crippen molar-refractivity contribution in [1.29, 1.82) is 5.41 Å². The van der Waals surface area contributed by atoms with Crippen molar-refractivity contribution in [2.45, 2.75) is 10.2 Å². The molecule has 2 aromatic heterocycles. The molecule has 0 atom stereocenters. The molecule has 2 heterocycles. The average Bonchev–Trinajstić information content (AvgIpc) is 2.47. The standard InChI is InChI=1S/C14H11N5S/c15-13(16)10-8-12(20-14-17-6-3-7-18-14)19-11-5-2-1-4-9(10)11/h1-8H,(H3,15,16). The predicted octanol–water partition coefficient (Wildman–Crippen LogP) is 2.46. The van der Waals surface area contributed by atoms with Gasteiger partial charge in [-0.15, -0.1) is 0 Å². The quantitative estimate of drug-likeness (QED) is 0.437. The third-order valence-corrected chi connectivity index (χ3v) is 3.53. The van der Waals surface area contributed by atoms with Gasteiger partial charge < -0.3 is 5.73 Å². The molecule has 6 heteroatoms. The van der Waals surface area contributed by atoms with Crippen LogP contribution in [0.3, 0.4) is 0 Å². The van der Waals surface area contributed by atoms with Gasteiger partial charge in [-0.3, -0.25) is 5.41 Å². The minimum atomic E-state index is 0.0273. The lowest BCUT2D eigenvalue weighted by atomic mass is 10.1. The number of hydrogen-bond donors (Lipinski definition) is 2. The van der Waals surface area contributed by atoms with Gasteiger partial charge >= 0.3 is 0 Å². The number of nitrogens with two attached hydrogens (primary N) is 1. The predicted molar refractivity (Wildman–Crippen MR) is 78.9 cm³/mol. The summed E-state index contributed by atoms with van der Waals surface area (Å²) in [6, 6.07) is 11.2. The number of benzene rings is 1. The molecule has 0 fully saturated rings. The van der Waals surface area contributed by atoms with E-state index in [-0.39, 0.29) is 5.84 Å². The summed E-state index contributed by atoms with van der Waals surface area (Å²) in [5.41, 5.74) is 7.14. The molecule has 98 valence electrons. The van der Waals surface area contributed by atoms with E-state index in [0.717, 1.165) is 15.9 Å². The molecule has 0 spiro atoms. The zero-order valence-electron chi connectivity index (χ0n) is 10.4. The highest BCUT2D eigenvalue weighted by Crippen LogP contribution is 2.27. The van der Waals surface area contributed by atoms with E-state index in [9.17, 15) is 0 Å². The molecule has 5 nitrogen and oxygen atoms in total. The first kappa shape index (κ1) is 12.6. The third kappa shape index (κ3) is 2.46. The molecule has 0 aliphatic carbocycles. The van der Waals surface area contributed by atoms with Gasteiger partial charge in [0.15, 0.2) is 5.16 Å². The fraction of sp³-hybridized carbons (Fsp3) is 0. The zero-order chi connectivity index (χ0) is 13.9. The second-order valence-corrected chi connectivity index (χ2v) is 5.06. The normalized spacial score (nSPS) is 10.6. The molecule has 3 N–H and O–H groups in total. The maximum atomic E-state index is 7.70. The van der Waals surface area contributed by atoms with Gasteiger partial charge in [-0.2, -0.15) is 0 Å². The molecule has 0 saturated carbocycles. The highest BCUT2D eigenvalue weighted by atomic mass is 32.2. The molecule has 3 aromatic rings. The van der Waals surface area contributed by atoms with Crippen molar-refractivity contribution >= 4 is 28.5 Å². The summed E-state index contributed by atoms with van der Waals surface area (Å²) in [4.78, 5) is 12.9. The van der Waals surface area contributed by atoms with E-state index in [0.29, 0.717) is 10.7 Å². The Labute approximate surface area is 119 Å². The van der Waals surface area contributed by atoms with Crippen molar-refractivity contribution in [3.8, 4) is 0 Å². The van der Waals surface area contributed by atoms with Gasteiger partial charge in [0, 0.05) is 23.3 Å². The minimum absolute atomic E-state index is 0.0273. The van der Waals surface area contributed by atoms with Crippen LogP contribution in [-0.2, 0) is 0 Å². The molecule has 0 saturated heterocycles. The Morgan fingerprint density at radius 1 is 1.10 bits per heavy atom. The number of aromatic nitrogens is 3. The van der Waals surface area contributed by atoms with Crippen molar-refractivity contribution in [3.05, 3.63) is 54.4 Å². The van der Waals surface area contributed by atoms with Gasteiger partial charge in [-0.1, -0.05) is 18.2 Å². The lowest BCUT2D eigenvalue weighted by molar-refractivity contribution is 0.962. The van der Waals surface area contributed by atoms with Gasteiger partial charge in [-0.05, 0) is 30.0 Å². The molecule has 0 aliphatic heterocycles. The van der Waals surface area contributed by atoms with Crippen molar-refractivity contribution in [2.75, 3.05) is 0 Å². The number of nitrogens with one attached hydrogen (secondary N) is 1. The van der Waals surface area contributed by atoms with Crippen LogP contribution in [0.15, 0.2) is 59.0 Å². The largest absolute Gasteiger partial charge is 0.384 e. The first-order valence-corrected chi connectivity index (χ1v) is 6.75. The smallest absolute Gasteiger partial charge is 0.193 e. The zero-order valence-corrected chi connectivity index (χ0v) is 11.3. The fourth-order valence-electron chi connectivity index (χ4n) is 1.86. The number of para-hydroxylation sites is 1. The van der Waals surface area contributed by atoms with Gasteiger partial charge in [0.25, 0.3) is 0 Å². The Morgan fingerprint density at radius 2 is 1.85 bits per heavy atom. The van der Waals surface area contributed by atoms with Crippen LogP contribution in [0.5, 0.6) is 0 Å². The van der Waals surface area contributed by atoms with Crippen LogP contribution in [0.4, 0.5) is 0 Å². The summed E-state index contributed by atoms with van der Waals surface area (Å²) < 4.78 is 0. The lowest BCUT2D eigenvalue weighted by Gasteiger charge is -2.07. The summed E-state index contributed by atoms with van der Waals surface area (Å²) >= 11 is 1.35. The Bertz CT molecular complexity index is 773. The van der Waals surface area contributed by atoms with E-state index in [1.807, 2.05) is 24.3 Å². The van der Waals surface area contributed by atoms with E-state index in [4.69, 9.17) is 11.1 Å². The Kier molecular flexibility index (Phi) is 3.30. The number of nitrogens with zero attached hydrogens (tertiary/aromatic N) is 3. The van der Waals surface area contributed by atoms with Crippen LogP contribution in [0.25, 0.3) is 10.9 Å². The maximum Gasteiger partial charge on any atom is 0.193 e. The van der Waals surface area contributed by atoms with Crippen LogP contribution in [0, 0.1) is 5.41 Å².